The van der Waals surface area contributed by atoms with Crippen molar-refractivity contribution in [3.05, 3.63) is 60.6 Å². The number of pyridine rings is 1. The average Bonchev–Trinajstić information content (AvgIpc) is 3.12. The SMILES string of the molecule is CCn1c(-c2ccncc2)nc2cnc(Nc3ccc(CCC(N)=O)cc3)nc21. The van der Waals surface area contributed by atoms with Crippen molar-refractivity contribution in [3.8, 4) is 11.4 Å². The van der Waals surface area contributed by atoms with Crippen LogP contribution in [-0.2, 0) is 17.8 Å². The summed E-state index contributed by atoms with van der Waals surface area (Å²) in [5.74, 6) is 1.04. The number of aryl methyl sites for hydroxylation is 2. The summed E-state index contributed by atoms with van der Waals surface area (Å²) in [7, 11) is 0. The molecule has 0 aliphatic rings. The zero-order chi connectivity index (χ0) is 20.2. The van der Waals surface area contributed by atoms with Crippen molar-refractivity contribution in [2.45, 2.75) is 26.3 Å². The van der Waals surface area contributed by atoms with E-state index in [0.29, 0.717) is 18.8 Å². The molecule has 29 heavy (non-hydrogen) atoms. The molecule has 0 fully saturated rings. The molecule has 0 aliphatic carbocycles. The number of hydrogen-bond acceptors (Lipinski definition) is 6. The summed E-state index contributed by atoms with van der Waals surface area (Å²) in [6.07, 6.45) is 6.20. The zero-order valence-electron chi connectivity index (χ0n) is 16.0. The Morgan fingerprint density at radius 1 is 1.10 bits per heavy atom. The first-order chi connectivity index (χ1) is 14.1. The quantitative estimate of drug-likeness (QED) is 0.504. The highest BCUT2D eigenvalue weighted by Crippen LogP contribution is 2.24. The highest BCUT2D eigenvalue weighted by atomic mass is 16.1. The van der Waals surface area contributed by atoms with E-state index in [1.165, 1.54) is 0 Å². The van der Waals surface area contributed by atoms with Crippen LogP contribution in [0.15, 0.2) is 55.0 Å². The summed E-state index contributed by atoms with van der Waals surface area (Å²) in [6.45, 7) is 2.80. The molecule has 4 aromatic rings. The van der Waals surface area contributed by atoms with Crippen LogP contribution in [0.25, 0.3) is 22.6 Å². The monoisotopic (exact) mass is 387 g/mol. The third kappa shape index (κ3) is 4.06. The summed E-state index contributed by atoms with van der Waals surface area (Å²) < 4.78 is 2.06. The Morgan fingerprint density at radius 3 is 2.55 bits per heavy atom. The molecular formula is C21H21N7O. The van der Waals surface area contributed by atoms with E-state index in [1.807, 2.05) is 36.4 Å². The van der Waals surface area contributed by atoms with Gasteiger partial charge in [-0.05, 0) is 43.2 Å². The summed E-state index contributed by atoms with van der Waals surface area (Å²) >= 11 is 0. The molecule has 0 saturated carbocycles. The minimum Gasteiger partial charge on any atom is -0.370 e. The number of aromatic nitrogens is 5. The van der Waals surface area contributed by atoms with Gasteiger partial charge in [-0.15, -0.1) is 0 Å². The fourth-order valence-electron chi connectivity index (χ4n) is 3.15. The van der Waals surface area contributed by atoms with E-state index in [9.17, 15) is 4.79 Å². The van der Waals surface area contributed by atoms with Gasteiger partial charge in [0.25, 0.3) is 0 Å². The van der Waals surface area contributed by atoms with E-state index in [4.69, 9.17) is 10.7 Å². The number of imidazole rings is 1. The minimum atomic E-state index is -0.299. The van der Waals surface area contributed by atoms with Gasteiger partial charge in [-0.3, -0.25) is 9.78 Å². The molecule has 3 aromatic heterocycles. The number of fused-ring (bicyclic) bond motifs is 1. The second-order valence-electron chi connectivity index (χ2n) is 6.61. The van der Waals surface area contributed by atoms with Crippen LogP contribution in [0.5, 0.6) is 0 Å². The highest BCUT2D eigenvalue weighted by molar-refractivity contribution is 5.78. The van der Waals surface area contributed by atoms with Crippen molar-refractivity contribution in [3.63, 3.8) is 0 Å². The third-order valence-electron chi connectivity index (χ3n) is 4.61. The summed E-state index contributed by atoms with van der Waals surface area (Å²) in [6, 6.07) is 11.6. The lowest BCUT2D eigenvalue weighted by Crippen LogP contribution is -2.11. The van der Waals surface area contributed by atoms with Gasteiger partial charge in [0.1, 0.15) is 11.3 Å². The van der Waals surface area contributed by atoms with Crippen LogP contribution >= 0.6 is 0 Å². The van der Waals surface area contributed by atoms with E-state index in [2.05, 4.69) is 31.8 Å². The Bertz CT molecular complexity index is 1140. The second-order valence-corrected chi connectivity index (χ2v) is 6.61. The molecule has 1 aromatic carbocycles. The van der Waals surface area contributed by atoms with E-state index < -0.39 is 0 Å². The first-order valence-corrected chi connectivity index (χ1v) is 9.42. The predicted molar refractivity (Wildman–Crippen MR) is 111 cm³/mol. The van der Waals surface area contributed by atoms with Crippen LogP contribution in [-0.4, -0.2) is 30.4 Å². The fourth-order valence-corrected chi connectivity index (χ4v) is 3.15. The lowest BCUT2D eigenvalue weighted by atomic mass is 10.1. The maximum absolute atomic E-state index is 10.9. The summed E-state index contributed by atoms with van der Waals surface area (Å²) in [5.41, 5.74) is 9.62. The number of nitrogens with two attached hydrogens (primary N) is 1. The van der Waals surface area contributed by atoms with Crippen LogP contribution < -0.4 is 11.1 Å². The summed E-state index contributed by atoms with van der Waals surface area (Å²) in [4.78, 5) is 28.7. The minimum absolute atomic E-state index is 0.299. The molecule has 8 heteroatoms. The number of carbonyl (C=O) groups is 1. The summed E-state index contributed by atoms with van der Waals surface area (Å²) in [5, 5.41) is 3.22. The van der Waals surface area contributed by atoms with Gasteiger partial charge in [0, 0.05) is 36.6 Å². The standard InChI is InChI=1S/C21H21N7O/c1-2-28-19(15-9-11-23-12-10-15)26-17-13-24-21(27-20(17)28)25-16-6-3-14(4-7-16)5-8-18(22)29/h3-4,6-7,9-13H,2,5,8H2,1H3,(H2,22,29)(H,24,25,27). The van der Waals surface area contributed by atoms with Crippen LogP contribution in [0.2, 0.25) is 0 Å². The molecule has 146 valence electrons. The van der Waals surface area contributed by atoms with Crippen molar-refractivity contribution in [2.75, 3.05) is 5.32 Å². The van der Waals surface area contributed by atoms with Gasteiger partial charge in [-0.25, -0.2) is 9.97 Å². The Hall–Kier alpha value is -3.81. The maximum atomic E-state index is 10.9. The Balaban J connectivity index is 1.60. The zero-order valence-corrected chi connectivity index (χ0v) is 16.0. The molecule has 0 saturated heterocycles. The molecule has 1 amide bonds. The molecule has 8 nitrogen and oxygen atoms in total. The number of anilines is 2. The average molecular weight is 387 g/mol. The van der Waals surface area contributed by atoms with E-state index in [0.717, 1.165) is 40.3 Å². The van der Waals surface area contributed by atoms with Crippen LogP contribution in [0.4, 0.5) is 11.6 Å². The van der Waals surface area contributed by atoms with E-state index in [1.54, 1.807) is 18.6 Å². The van der Waals surface area contributed by atoms with Crippen LogP contribution in [0.3, 0.4) is 0 Å². The van der Waals surface area contributed by atoms with Gasteiger partial charge in [0.2, 0.25) is 11.9 Å². The number of rotatable bonds is 7. The molecule has 0 aliphatic heterocycles. The molecule has 3 N–H and O–H groups in total. The first-order valence-electron chi connectivity index (χ1n) is 9.42. The molecule has 3 heterocycles. The predicted octanol–water partition coefficient (Wildman–Crippen LogP) is 3.07. The van der Waals surface area contributed by atoms with E-state index >= 15 is 0 Å². The number of nitrogens with one attached hydrogen (secondary N) is 1. The van der Waals surface area contributed by atoms with Crippen LogP contribution in [0, 0.1) is 0 Å². The van der Waals surface area contributed by atoms with Crippen molar-refractivity contribution in [1.82, 2.24) is 24.5 Å². The Labute approximate surface area is 167 Å². The van der Waals surface area contributed by atoms with Crippen molar-refractivity contribution < 1.29 is 4.79 Å². The number of benzene rings is 1. The van der Waals surface area contributed by atoms with Gasteiger partial charge >= 0.3 is 0 Å². The van der Waals surface area contributed by atoms with Gasteiger partial charge in [0.05, 0.1) is 6.20 Å². The first kappa shape index (κ1) is 18.5. The fraction of sp³-hybridized carbons (Fsp3) is 0.190. The van der Waals surface area contributed by atoms with Gasteiger partial charge in [0.15, 0.2) is 5.65 Å². The van der Waals surface area contributed by atoms with E-state index in [-0.39, 0.29) is 5.91 Å². The van der Waals surface area contributed by atoms with Crippen LogP contribution in [0.1, 0.15) is 18.9 Å². The largest absolute Gasteiger partial charge is 0.370 e. The Kier molecular flexibility index (Phi) is 5.15. The molecular weight excluding hydrogens is 366 g/mol. The molecule has 0 spiro atoms. The number of nitrogens with zero attached hydrogens (tertiary/aromatic N) is 5. The van der Waals surface area contributed by atoms with Gasteiger partial charge in [-0.1, -0.05) is 12.1 Å². The number of carbonyl (C=O) groups excluding carboxylic acids is 1. The molecule has 0 bridgehead atoms. The molecule has 4 rings (SSSR count). The normalized spacial score (nSPS) is 10.9. The van der Waals surface area contributed by atoms with Crippen molar-refractivity contribution in [1.29, 1.82) is 0 Å². The maximum Gasteiger partial charge on any atom is 0.229 e. The smallest absolute Gasteiger partial charge is 0.229 e. The molecule has 0 radical (unpaired) electrons. The van der Waals surface area contributed by atoms with Crippen molar-refractivity contribution in [2.24, 2.45) is 5.73 Å². The number of hydrogen-bond donors (Lipinski definition) is 2. The lowest BCUT2D eigenvalue weighted by Gasteiger charge is -2.07. The van der Waals surface area contributed by atoms with Crippen molar-refractivity contribution >= 4 is 28.7 Å². The Morgan fingerprint density at radius 2 is 1.86 bits per heavy atom. The molecule has 0 atom stereocenters. The third-order valence-corrected chi connectivity index (χ3v) is 4.61. The molecule has 0 unspecified atom stereocenters. The van der Waals surface area contributed by atoms with Gasteiger partial charge in [-0.2, -0.15) is 4.98 Å². The number of primary amides is 1. The lowest BCUT2D eigenvalue weighted by molar-refractivity contribution is -0.117. The topological polar surface area (TPSA) is 112 Å². The number of amides is 1. The van der Waals surface area contributed by atoms with Gasteiger partial charge < -0.3 is 15.6 Å². The second kappa shape index (κ2) is 8.05. The highest BCUT2D eigenvalue weighted by Gasteiger charge is 2.14.